The van der Waals surface area contributed by atoms with Crippen molar-refractivity contribution in [1.82, 2.24) is 0 Å². The Morgan fingerprint density at radius 2 is 1.85 bits per heavy atom. The maximum absolute atomic E-state index is 11.2. The molecule has 3 N–H and O–H groups in total. The van der Waals surface area contributed by atoms with E-state index in [0.29, 0.717) is 0 Å². The van der Waals surface area contributed by atoms with Gasteiger partial charge in [0, 0.05) is 5.56 Å². The van der Waals surface area contributed by atoms with Crippen LogP contribution in [0.4, 0.5) is 0 Å². The van der Waals surface area contributed by atoms with Crippen LogP contribution in [-0.2, 0) is 0 Å². The van der Waals surface area contributed by atoms with Gasteiger partial charge >= 0.3 is 0 Å². The third-order valence-corrected chi connectivity index (χ3v) is 1.63. The van der Waals surface area contributed by atoms with E-state index in [1.807, 2.05) is 0 Å². The molecule has 13 heavy (non-hydrogen) atoms. The van der Waals surface area contributed by atoms with Crippen molar-refractivity contribution < 1.29 is 20.1 Å². The summed E-state index contributed by atoms with van der Waals surface area (Å²) in [6.07, 6.45) is -1.38. The Labute approximate surface area is 75.1 Å². The van der Waals surface area contributed by atoms with Gasteiger partial charge in [0.2, 0.25) is 0 Å². The second-order valence-corrected chi connectivity index (χ2v) is 2.61. The Bertz CT molecular complexity index is 291. The number of phenols is 1. The van der Waals surface area contributed by atoms with Gasteiger partial charge in [0.25, 0.3) is 0 Å². The van der Waals surface area contributed by atoms with Crippen molar-refractivity contribution in [1.29, 1.82) is 0 Å². The second-order valence-electron chi connectivity index (χ2n) is 2.61. The fraction of sp³-hybridized carbons (Fsp3) is 0.222. The zero-order valence-electron chi connectivity index (χ0n) is 6.84. The molecule has 0 saturated carbocycles. The number of aromatic hydroxyl groups is 1. The number of phenolic OH excluding ortho intramolecular Hbond substituents is 1. The first-order valence-corrected chi connectivity index (χ1v) is 3.77. The summed E-state index contributed by atoms with van der Waals surface area (Å²) >= 11 is 0. The zero-order valence-corrected chi connectivity index (χ0v) is 6.84. The maximum atomic E-state index is 11.2. The van der Waals surface area contributed by atoms with Gasteiger partial charge in [0.15, 0.2) is 5.78 Å². The highest BCUT2D eigenvalue weighted by molar-refractivity contribution is 5.99. The van der Waals surface area contributed by atoms with Crippen LogP contribution in [0.15, 0.2) is 24.3 Å². The average Bonchev–Trinajstić information content (AvgIpc) is 2.17. The monoisotopic (exact) mass is 182 g/mol. The third kappa shape index (κ3) is 2.27. The van der Waals surface area contributed by atoms with E-state index in [9.17, 15) is 4.79 Å². The van der Waals surface area contributed by atoms with Gasteiger partial charge in [-0.05, 0) is 24.3 Å². The van der Waals surface area contributed by atoms with Gasteiger partial charge in [-0.1, -0.05) is 0 Å². The molecule has 0 aliphatic rings. The lowest BCUT2D eigenvalue weighted by atomic mass is 10.1. The first-order chi connectivity index (χ1) is 6.15. The van der Waals surface area contributed by atoms with Crippen LogP contribution in [0, 0.1) is 0 Å². The lowest BCUT2D eigenvalue weighted by Crippen LogP contribution is -2.24. The number of ketones is 1. The molecule has 0 bridgehead atoms. The molecule has 0 saturated heterocycles. The standard InChI is InChI=1S/C9H10O4/c10-5-8(12)9(13)6-1-3-7(11)4-2-6/h1-4,8,10-12H,5H2/t8-/m1/s1. The molecule has 70 valence electrons. The summed E-state index contributed by atoms with van der Waals surface area (Å²) < 4.78 is 0. The largest absolute Gasteiger partial charge is 0.508 e. The minimum absolute atomic E-state index is 0.0510. The van der Waals surface area contributed by atoms with E-state index in [-0.39, 0.29) is 11.3 Å². The van der Waals surface area contributed by atoms with Crippen LogP contribution in [0.25, 0.3) is 0 Å². The van der Waals surface area contributed by atoms with Crippen molar-refractivity contribution in [2.75, 3.05) is 6.61 Å². The van der Waals surface area contributed by atoms with Gasteiger partial charge in [0.05, 0.1) is 6.61 Å². The van der Waals surface area contributed by atoms with E-state index in [1.54, 1.807) is 0 Å². The van der Waals surface area contributed by atoms with Crippen LogP contribution in [0.5, 0.6) is 5.75 Å². The van der Waals surface area contributed by atoms with Gasteiger partial charge < -0.3 is 15.3 Å². The highest BCUT2D eigenvalue weighted by Gasteiger charge is 2.15. The van der Waals surface area contributed by atoms with Crippen LogP contribution in [0.1, 0.15) is 10.4 Å². The lowest BCUT2D eigenvalue weighted by molar-refractivity contribution is 0.0587. The summed E-state index contributed by atoms with van der Waals surface area (Å²) in [5.41, 5.74) is 0.263. The molecule has 0 amide bonds. The summed E-state index contributed by atoms with van der Waals surface area (Å²) in [7, 11) is 0. The first kappa shape index (κ1) is 9.70. The van der Waals surface area contributed by atoms with E-state index in [2.05, 4.69) is 0 Å². The minimum Gasteiger partial charge on any atom is -0.508 e. The average molecular weight is 182 g/mol. The van der Waals surface area contributed by atoms with Crippen molar-refractivity contribution >= 4 is 5.78 Å². The molecule has 1 aromatic carbocycles. The van der Waals surface area contributed by atoms with E-state index < -0.39 is 18.5 Å². The molecule has 0 unspecified atom stereocenters. The van der Waals surface area contributed by atoms with Crippen molar-refractivity contribution in [3.8, 4) is 5.75 Å². The molecule has 0 fully saturated rings. The summed E-state index contributed by atoms with van der Waals surface area (Å²) in [6, 6.07) is 5.46. The van der Waals surface area contributed by atoms with E-state index >= 15 is 0 Å². The van der Waals surface area contributed by atoms with Gasteiger partial charge in [-0.25, -0.2) is 0 Å². The molecule has 1 rings (SSSR count). The van der Waals surface area contributed by atoms with Crippen LogP contribution in [0.3, 0.4) is 0 Å². The SMILES string of the molecule is O=C(c1ccc(O)cc1)[C@H](O)CO. The Morgan fingerprint density at radius 1 is 1.31 bits per heavy atom. The zero-order chi connectivity index (χ0) is 9.84. The molecule has 0 spiro atoms. The lowest BCUT2D eigenvalue weighted by Gasteiger charge is -2.05. The van der Waals surface area contributed by atoms with Crippen LogP contribution >= 0.6 is 0 Å². The van der Waals surface area contributed by atoms with E-state index in [1.165, 1.54) is 24.3 Å². The Kier molecular flexibility index (Phi) is 3.00. The van der Waals surface area contributed by atoms with Gasteiger partial charge in [-0.2, -0.15) is 0 Å². The summed E-state index contributed by atoms with van der Waals surface area (Å²) in [4.78, 5) is 11.2. The molecule has 1 atom stereocenters. The summed E-state index contributed by atoms with van der Waals surface area (Å²) in [5, 5.41) is 26.4. The quantitative estimate of drug-likeness (QED) is 0.572. The molecule has 0 aliphatic heterocycles. The maximum Gasteiger partial charge on any atom is 0.193 e. The predicted octanol–water partition coefficient (Wildman–Crippen LogP) is -0.0719. The summed E-state index contributed by atoms with van der Waals surface area (Å²) in [5.74, 6) is -0.502. The topological polar surface area (TPSA) is 77.8 Å². The molecule has 0 radical (unpaired) electrons. The van der Waals surface area contributed by atoms with Gasteiger partial charge in [-0.15, -0.1) is 0 Å². The van der Waals surface area contributed by atoms with Gasteiger partial charge in [-0.3, -0.25) is 4.79 Å². The summed E-state index contributed by atoms with van der Waals surface area (Å²) in [6.45, 7) is -0.598. The molecule has 4 heteroatoms. The number of Topliss-reactive ketones (excluding diaryl/α,β-unsaturated/α-hetero) is 1. The molecule has 1 aromatic rings. The predicted molar refractivity (Wildman–Crippen MR) is 45.5 cm³/mol. The van der Waals surface area contributed by atoms with E-state index in [0.717, 1.165) is 0 Å². The van der Waals surface area contributed by atoms with Crippen molar-refractivity contribution in [3.63, 3.8) is 0 Å². The van der Waals surface area contributed by atoms with E-state index in [4.69, 9.17) is 15.3 Å². The number of benzene rings is 1. The number of aliphatic hydroxyl groups excluding tert-OH is 2. The Balaban J connectivity index is 2.83. The van der Waals surface area contributed by atoms with Crippen molar-refractivity contribution in [3.05, 3.63) is 29.8 Å². The van der Waals surface area contributed by atoms with Crippen LogP contribution in [-0.4, -0.2) is 33.8 Å². The molecule has 0 heterocycles. The second kappa shape index (κ2) is 4.02. The molecule has 0 aromatic heterocycles. The van der Waals surface area contributed by atoms with Crippen LogP contribution < -0.4 is 0 Å². The van der Waals surface area contributed by atoms with Crippen LogP contribution in [0.2, 0.25) is 0 Å². The fourth-order valence-corrected chi connectivity index (χ4v) is 0.901. The normalized spacial score (nSPS) is 12.5. The number of carbonyl (C=O) groups excluding carboxylic acids is 1. The number of rotatable bonds is 3. The Morgan fingerprint density at radius 3 is 2.31 bits per heavy atom. The van der Waals surface area contributed by atoms with Crippen molar-refractivity contribution in [2.45, 2.75) is 6.10 Å². The first-order valence-electron chi connectivity index (χ1n) is 3.77. The highest BCUT2D eigenvalue weighted by Crippen LogP contribution is 2.11. The highest BCUT2D eigenvalue weighted by atomic mass is 16.3. The molecule has 0 aliphatic carbocycles. The Hall–Kier alpha value is -1.39. The molecular weight excluding hydrogens is 172 g/mol. The third-order valence-electron chi connectivity index (χ3n) is 1.63. The fourth-order valence-electron chi connectivity index (χ4n) is 0.901. The number of carbonyl (C=O) groups is 1. The molecular formula is C9H10O4. The smallest absolute Gasteiger partial charge is 0.193 e. The number of aliphatic hydroxyl groups is 2. The van der Waals surface area contributed by atoms with Gasteiger partial charge in [0.1, 0.15) is 11.9 Å². The molecule has 4 nitrogen and oxygen atoms in total. The van der Waals surface area contributed by atoms with Crippen molar-refractivity contribution in [2.24, 2.45) is 0 Å². The number of hydrogen-bond donors (Lipinski definition) is 3. The number of hydrogen-bond acceptors (Lipinski definition) is 4. The minimum atomic E-state index is -1.38.